The maximum absolute atomic E-state index is 4.43. The van der Waals surface area contributed by atoms with Gasteiger partial charge in [-0.2, -0.15) is 0 Å². The van der Waals surface area contributed by atoms with Crippen molar-refractivity contribution in [2.45, 2.75) is 32.6 Å². The molecule has 1 saturated carbocycles. The molecular weight excluding hydrogens is 154 g/mol. The van der Waals surface area contributed by atoms with Crippen LogP contribution in [0.25, 0.3) is 0 Å². The summed E-state index contributed by atoms with van der Waals surface area (Å²) in [6.45, 7) is 2.07. The zero-order valence-corrected chi connectivity index (χ0v) is 7.66. The van der Waals surface area contributed by atoms with E-state index >= 15 is 0 Å². The van der Waals surface area contributed by atoms with Crippen molar-refractivity contribution in [3.05, 3.63) is 16.1 Å². The van der Waals surface area contributed by atoms with Gasteiger partial charge < -0.3 is 0 Å². The number of rotatable bonds is 3. The molecule has 11 heavy (non-hydrogen) atoms. The van der Waals surface area contributed by atoms with E-state index < -0.39 is 0 Å². The zero-order valence-electron chi connectivity index (χ0n) is 6.84. The van der Waals surface area contributed by atoms with Gasteiger partial charge in [0.1, 0.15) is 0 Å². The van der Waals surface area contributed by atoms with Crippen LogP contribution in [0.4, 0.5) is 0 Å². The van der Waals surface area contributed by atoms with Crippen molar-refractivity contribution < 1.29 is 0 Å². The molecule has 1 aromatic heterocycles. The van der Waals surface area contributed by atoms with Gasteiger partial charge in [-0.1, -0.05) is 12.8 Å². The fourth-order valence-electron chi connectivity index (χ4n) is 1.25. The van der Waals surface area contributed by atoms with E-state index in [0.717, 1.165) is 5.92 Å². The predicted molar refractivity (Wildman–Crippen MR) is 47.9 cm³/mol. The smallest absolute Gasteiger partial charge is 0.0928 e. The summed E-state index contributed by atoms with van der Waals surface area (Å²) < 4.78 is 0. The molecule has 1 heterocycles. The largest absolute Gasteiger partial charge is 0.247 e. The standard InChI is InChI=1S/C9H13NS/c1-7-6-11-9(10-7)5-4-8-2-3-8/h6,8H,2-5H2,1H3. The van der Waals surface area contributed by atoms with Gasteiger partial charge in [-0.3, -0.25) is 0 Å². The summed E-state index contributed by atoms with van der Waals surface area (Å²) in [5.41, 5.74) is 1.18. The summed E-state index contributed by atoms with van der Waals surface area (Å²) >= 11 is 1.81. The topological polar surface area (TPSA) is 12.9 Å². The van der Waals surface area contributed by atoms with Gasteiger partial charge in [0.15, 0.2) is 0 Å². The van der Waals surface area contributed by atoms with Crippen molar-refractivity contribution >= 4 is 11.3 Å². The van der Waals surface area contributed by atoms with Crippen LogP contribution in [0.5, 0.6) is 0 Å². The fraction of sp³-hybridized carbons (Fsp3) is 0.667. The molecule has 1 aliphatic carbocycles. The monoisotopic (exact) mass is 167 g/mol. The van der Waals surface area contributed by atoms with Gasteiger partial charge in [-0.05, 0) is 25.7 Å². The van der Waals surface area contributed by atoms with Gasteiger partial charge in [-0.15, -0.1) is 11.3 Å². The maximum Gasteiger partial charge on any atom is 0.0928 e. The minimum Gasteiger partial charge on any atom is -0.247 e. The summed E-state index contributed by atoms with van der Waals surface area (Å²) in [7, 11) is 0. The second-order valence-electron chi connectivity index (χ2n) is 3.36. The molecule has 0 bridgehead atoms. The summed E-state index contributed by atoms with van der Waals surface area (Å²) in [4.78, 5) is 4.43. The Kier molecular flexibility index (Phi) is 1.95. The average Bonchev–Trinajstić information content (AvgIpc) is 2.72. The highest BCUT2D eigenvalue weighted by atomic mass is 32.1. The lowest BCUT2D eigenvalue weighted by molar-refractivity contribution is 0.722. The Hall–Kier alpha value is -0.370. The Morgan fingerprint density at radius 2 is 2.45 bits per heavy atom. The molecule has 1 nitrogen and oxygen atoms in total. The quantitative estimate of drug-likeness (QED) is 0.674. The molecule has 1 aromatic rings. The summed E-state index contributed by atoms with van der Waals surface area (Å²) in [6.07, 6.45) is 5.50. The number of aryl methyl sites for hydroxylation is 2. The molecule has 0 radical (unpaired) electrons. The third-order valence-corrected chi connectivity index (χ3v) is 3.16. The average molecular weight is 167 g/mol. The zero-order chi connectivity index (χ0) is 7.68. The Balaban J connectivity index is 1.85. The molecule has 1 aliphatic rings. The number of nitrogens with zero attached hydrogens (tertiary/aromatic N) is 1. The van der Waals surface area contributed by atoms with E-state index in [9.17, 15) is 0 Å². The molecule has 1 fully saturated rings. The molecule has 2 rings (SSSR count). The SMILES string of the molecule is Cc1csc(CCC2CC2)n1. The third kappa shape index (κ3) is 2.03. The second kappa shape index (κ2) is 2.94. The van der Waals surface area contributed by atoms with E-state index in [4.69, 9.17) is 0 Å². The van der Waals surface area contributed by atoms with Gasteiger partial charge in [0.25, 0.3) is 0 Å². The number of hydrogen-bond donors (Lipinski definition) is 0. The Morgan fingerprint density at radius 3 is 3.00 bits per heavy atom. The van der Waals surface area contributed by atoms with Gasteiger partial charge in [0, 0.05) is 11.1 Å². The summed E-state index contributed by atoms with van der Waals surface area (Å²) in [5, 5.41) is 3.47. The van der Waals surface area contributed by atoms with Crippen LogP contribution in [-0.4, -0.2) is 4.98 Å². The molecule has 0 saturated heterocycles. The van der Waals surface area contributed by atoms with Gasteiger partial charge in [0.05, 0.1) is 5.01 Å². The van der Waals surface area contributed by atoms with Crippen LogP contribution >= 0.6 is 11.3 Å². The molecular formula is C9H13NS. The van der Waals surface area contributed by atoms with E-state index in [1.807, 2.05) is 11.3 Å². The van der Waals surface area contributed by atoms with E-state index in [-0.39, 0.29) is 0 Å². The molecule has 0 aliphatic heterocycles. The van der Waals surface area contributed by atoms with Crippen molar-refractivity contribution in [1.29, 1.82) is 0 Å². The molecule has 60 valence electrons. The van der Waals surface area contributed by atoms with Crippen LogP contribution < -0.4 is 0 Å². The first-order valence-electron chi connectivity index (χ1n) is 4.25. The normalized spacial score (nSPS) is 17.2. The predicted octanol–water partition coefficient (Wildman–Crippen LogP) is 2.79. The Labute approximate surface area is 71.5 Å². The number of hydrogen-bond acceptors (Lipinski definition) is 2. The second-order valence-corrected chi connectivity index (χ2v) is 4.31. The van der Waals surface area contributed by atoms with Crippen LogP contribution in [0.3, 0.4) is 0 Å². The van der Waals surface area contributed by atoms with Crippen molar-refractivity contribution in [3.8, 4) is 0 Å². The van der Waals surface area contributed by atoms with Crippen LogP contribution in [0.2, 0.25) is 0 Å². The lowest BCUT2D eigenvalue weighted by atomic mass is 10.2. The molecule has 2 heteroatoms. The first-order chi connectivity index (χ1) is 5.34. The molecule has 0 amide bonds. The third-order valence-electron chi connectivity index (χ3n) is 2.13. The van der Waals surface area contributed by atoms with Crippen molar-refractivity contribution in [2.75, 3.05) is 0 Å². The van der Waals surface area contributed by atoms with Crippen LogP contribution in [0.1, 0.15) is 30.0 Å². The maximum atomic E-state index is 4.43. The highest BCUT2D eigenvalue weighted by Gasteiger charge is 2.20. The highest BCUT2D eigenvalue weighted by Crippen LogP contribution is 2.33. The minimum absolute atomic E-state index is 1.04. The Morgan fingerprint density at radius 1 is 1.64 bits per heavy atom. The lowest BCUT2D eigenvalue weighted by Gasteiger charge is -1.91. The van der Waals surface area contributed by atoms with Crippen molar-refractivity contribution in [1.82, 2.24) is 4.98 Å². The molecule has 0 spiro atoms. The Bertz CT molecular complexity index is 237. The van der Waals surface area contributed by atoms with E-state index in [1.165, 1.54) is 36.4 Å². The first kappa shape index (κ1) is 7.29. The number of thiazole rings is 1. The van der Waals surface area contributed by atoms with Crippen LogP contribution in [0.15, 0.2) is 5.38 Å². The highest BCUT2D eigenvalue weighted by molar-refractivity contribution is 7.09. The van der Waals surface area contributed by atoms with Gasteiger partial charge >= 0.3 is 0 Å². The fourth-order valence-corrected chi connectivity index (χ4v) is 2.04. The summed E-state index contributed by atoms with van der Waals surface area (Å²) in [5.74, 6) is 1.04. The molecule has 0 N–H and O–H groups in total. The molecule has 0 unspecified atom stereocenters. The van der Waals surface area contributed by atoms with Gasteiger partial charge in [-0.25, -0.2) is 4.98 Å². The van der Waals surface area contributed by atoms with Crippen molar-refractivity contribution in [2.24, 2.45) is 5.92 Å². The van der Waals surface area contributed by atoms with E-state index in [2.05, 4.69) is 17.3 Å². The van der Waals surface area contributed by atoms with Crippen LogP contribution in [0, 0.1) is 12.8 Å². The lowest BCUT2D eigenvalue weighted by Crippen LogP contribution is -1.85. The van der Waals surface area contributed by atoms with E-state index in [1.54, 1.807) is 0 Å². The molecule has 0 atom stereocenters. The number of aromatic nitrogens is 1. The minimum atomic E-state index is 1.04. The van der Waals surface area contributed by atoms with E-state index in [0.29, 0.717) is 0 Å². The van der Waals surface area contributed by atoms with Crippen molar-refractivity contribution in [3.63, 3.8) is 0 Å². The molecule has 0 aromatic carbocycles. The van der Waals surface area contributed by atoms with Gasteiger partial charge in [0.2, 0.25) is 0 Å². The van der Waals surface area contributed by atoms with Crippen LogP contribution in [-0.2, 0) is 6.42 Å². The summed E-state index contributed by atoms with van der Waals surface area (Å²) in [6, 6.07) is 0. The first-order valence-corrected chi connectivity index (χ1v) is 5.13.